The van der Waals surface area contributed by atoms with Crippen molar-refractivity contribution < 1.29 is 13.9 Å². The highest BCUT2D eigenvalue weighted by Crippen LogP contribution is 2.27. The van der Waals surface area contributed by atoms with Crippen molar-refractivity contribution in [3.05, 3.63) is 51.7 Å². The van der Waals surface area contributed by atoms with Crippen LogP contribution in [0.25, 0.3) is 0 Å². The van der Waals surface area contributed by atoms with Gasteiger partial charge in [0.15, 0.2) is 6.10 Å². The average Bonchev–Trinajstić information content (AvgIpc) is 3.16. The van der Waals surface area contributed by atoms with Crippen molar-refractivity contribution in [3.63, 3.8) is 0 Å². The highest BCUT2D eigenvalue weighted by Gasteiger charge is 2.22. The third kappa shape index (κ3) is 5.29. The second-order valence-corrected chi connectivity index (χ2v) is 7.30. The molecule has 0 aliphatic carbocycles. The zero-order chi connectivity index (χ0) is 19.1. The first-order chi connectivity index (χ1) is 12.5. The van der Waals surface area contributed by atoms with Gasteiger partial charge in [-0.15, -0.1) is 11.3 Å². The minimum Gasteiger partial charge on any atom is -0.481 e. The van der Waals surface area contributed by atoms with E-state index in [9.17, 15) is 9.18 Å². The first-order valence-corrected chi connectivity index (χ1v) is 9.81. The third-order valence-corrected chi connectivity index (χ3v) is 5.27. The Morgan fingerprint density at radius 3 is 2.69 bits per heavy atom. The fourth-order valence-corrected chi connectivity index (χ4v) is 3.52. The van der Waals surface area contributed by atoms with Gasteiger partial charge in [-0.3, -0.25) is 4.79 Å². The zero-order valence-corrected chi connectivity index (χ0v) is 16.3. The Morgan fingerprint density at radius 2 is 2.12 bits per heavy atom. The average molecular weight is 379 g/mol. The van der Waals surface area contributed by atoms with Crippen LogP contribution >= 0.6 is 11.3 Å². The van der Waals surface area contributed by atoms with Crippen LogP contribution in [0.4, 0.5) is 4.39 Å². The van der Waals surface area contributed by atoms with Crippen LogP contribution in [-0.4, -0.2) is 12.0 Å². The zero-order valence-electron chi connectivity index (χ0n) is 15.5. The van der Waals surface area contributed by atoms with E-state index >= 15 is 0 Å². The quantitative estimate of drug-likeness (QED) is 0.667. The molecule has 0 saturated carbocycles. The van der Waals surface area contributed by atoms with Gasteiger partial charge < -0.3 is 15.8 Å². The van der Waals surface area contributed by atoms with Gasteiger partial charge in [0.05, 0.1) is 6.04 Å². The molecule has 6 heteroatoms. The third-order valence-electron chi connectivity index (χ3n) is 4.22. The molecule has 0 radical (unpaired) electrons. The van der Waals surface area contributed by atoms with Crippen molar-refractivity contribution in [2.45, 2.75) is 58.5 Å². The van der Waals surface area contributed by atoms with Gasteiger partial charge in [-0.25, -0.2) is 4.39 Å². The van der Waals surface area contributed by atoms with Crippen molar-refractivity contribution in [2.24, 2.45) is 5.73 Å². The highest BCUT2D eigenvalue weighted by molar-refractivity contribution is 7.10. The molecule has 0 aliphatic rings. The lowest BCUT2D eigenvalue weighted by molar-refractivity contribution is -0.129. The molecule has 1 aromatic heterocycles. The van der Waals surface area contributed by atoms with Gasteiger partial charge in [0.1, 0.15) is 11.9 Å². The predicted octanol–water partition coefficient (Wildman–Crippen LogP) is 4.66. The number of amides is 1. The molecule has 2 aromatic rings. The van der Waals surface area contributed by atoms with Crippen molar-refractivity contribution in [3.8, 4) is 5.75 Å². The molecule has 2 rings (SSSR count). The highest BCUT2D eigenvalue weighted by atomic mass is 32.1. The van der Waals surface area contributed by atoms with Crippen LogP contribution in [0, 0.1) is 0 Å². The van der Waals surface area contributed by atoms with Crippen LogP contribution in [0.15, 0.2) is 35.7 Å². The molecule has 26 heavy (non-hydrogen) atoms. The molecule has 3 unspecified atom stereocenters. The van der Waals surface area contributed by atoms with Gasteiger partial charge >= 0.3 is 0 Å². The summed E-state index contributed by atoms with van der Waals surface area (Å²) >= 11 is 1.60. The number of alkyl halides is 1. The Morgan fingerprint density at radius 1 is 1.35 bits per heavy atom. The minimum atomic E-state index is -1.14. The second-order valence-electron chi connectivity index (χ2n) is 6.32. The number of hydrogen-bond acceptors (Lipinski definition) is 4. The van der Waals surface area contributed by atoms with Crippen molar-refractivity contribution in [2.75, 3.05) is 0 Å². The van der Waals surface area contributed by atoms with Gasteiger partial charge in [0, 0.05) is 11.4 Å². The Bertz CT molecular complexity index is 704. The van der Waals surface area contributed by atoms with E-state index in [0.29, 0.717) is 17.7 Å². The van der Waals surface area contributed by atoms with Crippen LogP contribution in [0.3, 0.4) is 0 Å². The van der Waals surface area contributed by atoms with E-state index in [2.05, 4.69) is 5.32 Å². The van der Waals surface area contributed by atoms with Gasteiger partial charge in [0.2, 0.25) is 0 Å². The lowest BCUT2D eigenvalue weighted by atomic mass is 10.0. The Kier molecular flexibility index (Phi) is 7.60. The molecule has 0 bridgehead atoms. The second kappa shape index (κ2) is 9.69. The van der Waals surface area contributed by atoms with E-state index in [-0.39, 0.29) is 18.5 Å². The summed E-state index contributed by atoms with van der Waals surface area (Å²) in [6.45, 7) is 5.68. The monoisotopic (exact) mass is 378 g/mol. The molecular formula is C20H27FN2O2S. The van der Waals surface area contributed by atoms with Crippen LogP contribution < -0.4 is 15.8 Å². The summed E-state index contributed by atoms with van der Waals surface area (Å²) in [6, 6.07) is 9.02. The van der Waals surface area contributed by atoms with Crippen molar-refractivity contribution >= 4 is 17.2 Å². The van der Waals surface area contributed by atoms with Crippen LogP contribution in [-0.2, 0) is 11.3 Å². The fraction of sp³-hybridized carbons (Fsp3) is 0.450. The summed E-state index contributed by atoms with van der Waals surface area (Å²) in [5.41, 5.74) is 6.92. The number of carbonyl (C=O) groups excluding carboxylic acids is 1. The van der Waals surface area contributed by atoms with Gasteiger partial charge in [-0.2, -0.15) is 0 Å². The Balaban J connectivity index is 2.12. The van der Waals surface area contributed by atoms with Gasteiger partial charge in [0.25, 0.3) is 5.91 Å². The standard InChI is InChI=1S/C20H27FN2O2S/c1-4-6-18(20(24)23-14(3)19-7-5-10-26-19)25-16-9-8-15(12-22)17(11-16)13(2)21/h5,7-11,13-14,18H,4,6,12,22H2,1-3H3,(H,23,24). The van der Waals surface area contributed by atoms with Crippen LogP contribution in [0.2, 0.25) is 0 Å². The Labute approximate surface area is 158 Å². The summed E-state index contributed by atoms with van der Waals surface area (Å²) in [4.78, 5) is 13.8. The summed E-state index contributed by atoms with van der Waals surface area (Å²) in [5.74, 6) is 0.324. The maximum Gasteiger partial charge on any atom is 0.261 e. The molecule has 0 saturated heterocycles. The van der Waals surface area contributed by atoms with E-state index in [0.717, 1.165) is 16.9 Å². The van der Waals surface area contributed by atoms with Crippen molar-refractivity contribution in [1.29, 1.82) is 0 Å². The van der Waals surface area contributed by atoms with Crippen LogP contribution in [0.1, 0.15) is 61.8 Å². The normalized spacial score (nSPS) is 14.5. The van der Waals surface area contributed by atoms with E-state index in [4.69, 9.17) is 10.5 Å². The molecule has 1 amide bonds. The summed E-state index contributed by atoms with van der Waals surface area (Å²) in [6.07, 6.45) is -0.371. The van der Waals surface area contributed by atoms with E-state index in [1.807, 2.05) is 31.4 Å². The topological polar surface area (TPSA) is 64.3 Å². The molecular weight excluding hydrogens is 351 g/mol. The number of nitrogens with one attached hydrogen (secondary N) is 1. The lowest BCUT2D eigenvalue weighted by Crippen LogP contribution is -2.39. The molecule has 0 fully saturated rings. The molecule has 1 heterocycles. The number of hydrogen-bond donors (Lipinski definition) is 2. The van der Waals surface area contributed by atoms with E-state index in [1.54, 1.807) is 29.5 Å². The number of rotatable bonds is 9. The largest absolute Gasteiger partial charge is 0.481 e. The number of carbonyl (C=O) groups is 1. The molecule has 1 aromatic carbocycles. The molecule has 142 valence electrons. The minimum absolute atomic E-state index is 0.0773. The summed E-state index contributed by atoms with van der Waals surface area (Å²) in [5, 5.41) is 4.98. The van der Waals surface area contributed by atoms with Crippen molar-refractivity contribution in [1.82, 2.24) is 5.32 Å². The number of halogens is 1. The number of thiophene rings is 1. The van der Waals surface area contributed by atoms with E-state index in [1.165, 1.54) is 6.92 Å². The first-order valence-electron chi connectivity index (χ1n) is 8.93. The molecule has 3 N–H and O–H groups in total. The molecule has 4 nitrogen and oxygen atoms in total. The summed E-state index contributed by atoms with van der Waals surface area (Å²) < 4.78 is 19.8. The maximum atomic E-state index is 13.8. The lowest BCUT2D eigenvalue weighted by Gasteiger charge is -2.21. The fourth-order valence-electron chi connectivity index (χ4n) is 2.79. The molecule has 3 atom stereocenters. The number of nitrogens with two attached hydrogens (primary N) is 1. The summed E-state index contributed by atoms with van der Waals surface area (Å²) in [7, 11) is 0. The Hall–Kier alpha value is -1.92. The first kappa shape index (κ1) is 20.4. The number of benzene rings is 1. The SMILES string of the molecule is CCCC(Oc1ccc(CN)c(C(C)F)c1)C(=O)NC(C)c1cccs1. The van der Waals surface area contributed by atoms with Gasteiger partial charge in [-0.1, -0.05) is 25.5 Å². The maximum absolute atomic E-state index is 13.8. The predicted molar refractivity (Wildman–Crippen MR) is 104 cm³/mol. The van der Waals surface area contributed by atoms with Crippen LogP contribution in [0.5, 0.6) is 5.75 Å². The van der Waals surface area contributed by atoms with E-state index < -0.39 is 12.3 Å². The molecule has 0 aliphatic heterocycles. The molecule has 0 spiro atoms. The number of ether oxygens (including phenoxy) is 1. The van der Waals surface area contributed by atoms with Gasteiger partial charge in [-0.05, 0) is 55.0 Å². The smallest absolute Gasteiger partial charge is 0.261 e.